The Hall–Kier alpha value is -0.160. The Morgan fingerprint density at radius 3 is 2.46 bits per heavy atom. The summed E-state index contributed by atoms with van der Waals surface area (Å²) in [5, 5.41) is 0. The van der Waals surface area contributed by atoms with Crippen LogP contribution in [0.5, 0.6) is 0 Å². The molecule has 0 aromatic rings. The summed E-state index contributed by atoms with van der Waals surface area (Å²) in [5.74, 6) is 0. The van der Waals surface area contributed by atoms with Gasteiger partial charge in [0.1, 0.15) is 0 Å². The predicted molar refractivity (Wildman–Crippen MR) is 49.4 cm³/mol. The number of methoxy groups -OCH3 is 2. The lowest BCUT2D eigenvalue weighted by atomic mass is 10.5. The molecule has 0 fully saturated rings. The van der Waals surface area contributed by atoms with E-state index in [1.165, 1.54) is 0 Å². The van der Waals surface area contributed by atoms with E-state index in [1.807, 2.05) is 0 Å². The first-order chi connectivity index (χ1) is 6.31. The molecule has 0 amide bonds. The molecule has 0 spiro atoms. The minimum atomic E-state index is -0.376. The molecule has 0 rings (SSSR count). The standard InChI is InChI=1S/C9H19O4/c1-9(11-3)13-6-4-5-12-8-7-10-2/h9H,1,4-8H2,2-3H3. The second-order valence-corrected chi connectivity index (χ2v) is 2.49. The molecule has 0 saturated heterocycles. The van der Waals surface area contributed by atoms with E-state index in [-0.39, 0.29) is 6.29 Å². The van der Waals surface area contributed by atoms with Gasteiger partial charge in [-0.05, 0) is 6.42 Å². The van der Waals surface area contributed by atoms with Gasteiger partial charge in [0.15, 0.2) is 6.29 Å². The topological polar surface area (TPSA) is 36.9 Å². The lowest BCUT2D eigenvalue weighted by Gasteiger charge is -2.10. The summed E-state index contributed by atoms with van der Waals surface area (Å²) in [7, 11) is 3.21. The summed E-state index contributed by atoms with van der Waals surface area (Å²) in [4.78, 5) is 0. The van der Waals surface area contributed by atoms with Crippen molar-refractivity contribution in [2.75, 3.05) is 40.6 Å². The van der Waals surface area contributed by atoms with Gasteiger partial charge in [-0.1, -0.05) is 0 Å². The van der Waals surface area contributed by atoms with Gasteiger partial charge in [0.25, 0.3) is 0 Å². The SMILES string of the molecule is [CH2]C(OC)OCCCOCCOC. The molecule has 0 bridgehead atoms. The molecule has 0 aliphatic carbocycles. The lowest BCUT2D eigenvalue weighted by Crippen LogP contribution is -2.13. The first-order valence-corrected chi connectivity index (χ1v) is 4.35. The molecule has 0 N–H and O–H groups in total. The highest BCUT2D eigenvalue weighted by molar-refractivity contribution is 4.43. The molecule has 1 atom stereocenters. The summed E-state index contributed by atoms with van der Waals surface area (Å²) >= 11 is 0. The molecular weight excluding hydrogens is 172 g/mol. The highest BCUT2D eigenvalue weighted by Crippen LogP contribution is 1.92. The van der Waals surface area contributed by atoms with Gasteiger partial charge in [0, 0.05) is 27.8 Å². The van der Waals surface area contributed by atoms with Crippen LogP contribution in [0.3, 0.4) is 0 Å². The first kappa shape index (κ1) is 12.8. The maximum absolute atomic E-state index is 5.22. The van der Waals surface area contributed by atoms with Crippen LogP contribution in [0.25, 0.3) is 0 Å². The highest BCUT2D eigenvalue weighted by Gasteiger charge is 1.97. The average Bonchev–Trinajstić information content (AvgIpc) is 2.16. The van der Waals surface area contributed by atoms with E-state index < -0.39 is 0 Å². The van der Waals surface area contributed by atoms with E-state index >= 15 is 0 Å². The summed E-state index contributed by atoms with van der Waals surface area (Å²) in [6.07, 6.45) is 0.470. The fourth-order valence-corrected chi connectivity index (χ4v) is 0.688. The third-order valence-corrected chi connectivity index (χ3v) is 1.43. The van der Waals surface area contributed by atoms with E-state index in [0.717, 1.165) is 6.42 Å². The minimum Gasteiger partial charge on any atom is -0.382 e. The number of rotatable bonds is 9. The van der Waals surface area contributed by atoms with Crippen molar-refractivity contribution in [1.29, 1.82) is 0 Å². The Morgan fingerprint density at radius 1 is 1.08 bits per heavy atom. The van der Waals surface area contributed by atoms with Gasteiger partial charge in [-0.25, -0.2) is 0 Å². The molecule has 0 aliphatic heterocycles. The molecule has 79 valence electrons. The summed E-state index contributed by atoms with van der Waals surface area (Å²) in [5.41, 5.74) is 0. The molecule has 4 nitrogen and oxygen atoms in total. The Balaban J connectivity index is 2.91. The summed E-state index contributed by atoms with van der Waals surface area (Å²) in [6.45, 7) is 6.15. The van der Waals surface area contributed by atoms with E-state index in [9.17, 15) is 0 Å². The maximum Gasteiger partial charge on any atom is 0.157 e. The van der Waals surface area contributed by atoms with Gasteiger partial charge in [0.05, 0.1) is 19.8 Å². The quantitative estimate of drug-likeness (QED) is 0.400. The largest absolute Gasteiger partial charge is 0.382 e. The van der Waals surface area contributed by atoms with E-state index in [2.05, 4.69) is 6.92 Å². The van der Waals surface area contributed by atoms with Crippen molar-refractivity contribution in [1.82, 2.24) is 0 Å². The Morgan fingerprint density at radius 2 is 1.85 bits per heavy atom. The van der Waals surface area contributed by atoms with Crippen molar-refractivity contribution in [3.8, 4) is 0 Å². The monoisotopic (exact) mass is 191 g/mol. The van der Waals surface area contributed by atoms with Crippen molar-refractivity contribution >= 4 is 0 Å². The smallest absolute Gasteiger partial charge is 0.157 e. The summed E-state index contributed by atoms with van der Waals surface area (Å²) < 4.78 is 20.0. The zero-order valence-corrected chi connectivity index (χ0v) is 8.45. The Bertz CT molecular complexity index is 97.6. The number of ether oxygens (including phenoxy) is 4. The third-order valence-electron chi connectivity index (χ3n) is 1.43. The van der Waals surface area contributed by atoms with Gasteiger partial charge in [-0.2, -0.15) is 0 Å². The van der Waals surface area contributed by atoms with Crippen molar-refractivity contribution in [2.45, 2.75) is 12.7 Å². The highest BCUT2D eigenvalue weighted by atomic mass is 16.7. The van der Waals surface area contributed by atoms with Crippen LogP contribution in [0, 0.1) is 6.92 Å². The Labute approximate surface area is 80.1 Å². The molecule has 0 aromatic carbocycles. The number of hydrogen-bond donors (Lipinski definition) is 0. The van der Waals surface area contributed by atoms with E-state index in [4.69, 9.17) is 18.9 Å². The molecule has 0 saturated carbocycles. The van der Waals surface area contributed by atoms with Crippen molar-refractivity contribution in [3.05, 3.63) is 6.92 Å². The van der Waals surface area contributed by atoms with Gasteiger partial charge < -0.3 is 18.9 Å². The normalized spacial score (nSPS) is 13.2. The first-order valence-electron chi connectivity index (χ1n) is 4.35. The maximum atomic E-state index is 5.22. The Kier molecular flexibility index (Phi) is 9.80. The average molecular weight is 191 g/mol. The fraction of sp³-hybridized carbons (Fsp3) is 0.889. The molecule has 0 aromatic heterocycles. The molecule has 13 heavy (non-hydrogen) atoms. The third kappa shape index (κ3) is 9.76. The lowest BCUT2D eigenvalue weighted by molar-refractivity contribution is -0.0965. The zero-order chi connectivity index (χ0) is 9.94. The summed E-state index contributed by atoms with van der Waals surface area (Å²) in [6, 6.07) is 0. The molecular formula is C9H19O4. The second-order valence-electron chi connectivity index (χ2n) is 2.49. The van der Waals surface area contributed by atoms with Crippen LogP contribution in [0.1, 0.15) is 6.42 Å². The van der Waals surface area contributed by atoms with Gasteiger partial charge >= 0.3 is 0 Å². The van der Waals surface area contributed by atoms with Crippen molar-refractivity contribution in [2.24, 2.45) is 0 Å². The van der Waals surface area contributed by atoms with Gasteiger partial charge in [0.2, 0.25) is 0 Å². The molecule has 4 heteroatoms. The van der Waals surface area contributed by atoms with Crippen LogP contribution in [0.2, 0.25) is 0 Å². The van der Waals surface area contributed by atoms with Crippen LogP contribution in [0.15, 0.2) is 0 Å². The van der Waals surface area contributed by atoms with Crippen molar-refractivity contribution < 1.29 is 18.9 Å². The number of hydrogen-bond acceptors (Lipinski definition) is 4. The molecule has 1 unspecified atom stereocenters. The molecule has 1 radical (unpaired) electrons. The molecule has 0 heterocycles. The second kappa shape index (κ2) is 9.92. The van der Waals surface area contributed by atoms with Crippen LogP contribution in [0.4, 0.5) is 0 Å². The predicted octanol–water partition coefficient (Wildman–Crippen LogP) is 0.863. The minimum absolute atomic E-state index is 0.376. The van der Waals surface area contributed by atoms with Crippen LogP contribution in [-0.2, 0) is 18.9 Å². The van der Waals surface area contributed by atoms with Crippen molar-refractivity contribution in [3.63, 3.8) is 0 Å². The van der Waals surface area contributed by atoms with Gasteiger partial charge in [-0.3, -0.25) is 0 Å². The van der Waals surface area contributed by atoms with Crippen LogP contribution < -0.4 is 0 Å². The van der Waals surface area contributed by atoms with Gasteiger partial charge in [-0.15, -0.1) is 0 Å². The zero-order valence-electron chi connectivity index (χ0n) is 8.45. The fourth-order valence-electron chi connectivity index (χ4n) is 0.688. The van der Waals surface area contributed by atoms with E-state index in [1.54, 1.807) is 14.2 Å². The van der Waals surface area contributed by atoms with Crippen LogP contribution in [-0.4, -0.2) is 46.9 Å². The van der Waals surface area contributed by atoms with E-state index in [0.29, 0.717) is 26.4 Å². The van der Waals surface area contributed by atoms with Crippen LogP contribution >= 0.6 is 0 Å². The molecule has 0 aliphatic rings.